The fourth-order valence-corrected chi connectivity index (χ4v) is 4.94. The van der Waals surface area contributed by atoms with Gasteiger partial charge in [0.2, 0.25) is 0 Å². The van der Waals surface area contributed by atoms with Crippen LogP contribution in [-0.4, -0.2) is 25.7 Å². The summed E-state index contributed by atoms with van der Waals surface area (Å²) in [7, 11) is 1.51. The van der Waals surface area contributed by atoms with E-state index in [0.717, 1.165) is 19.4 Å². The van der Waals surface area contributed by atoms with Crippen molar-refractivity contribution in [3.8, 4) is 0 Å². The number of hydrogen-bond donors (Lipinski definition) is 0. The van der Waals surface area contributed by atoms with Crippen LogP contribution in [0, 0.1) is 11.8 Å². The van der Waals surface area contributed by atoms with Crippen molar-refractivity contribution in [2.24, 2.45) is 11.8 Å². The van der Waals surface area contributed by atoms with Gasteiger partial charge in [-0.3, -0.25) is 4.79 Å². The molecule has 0 amide bonds. The van der Waals surface area contributed by atoms with Gasteiger partial charge >= 0.3 is 5.97 Å². The van der Waals surface area contributed by atoms with Gasteiger partial charge < -0.3 is 9.64 Å². The Kier molecular flexibility index (Phi) is 7.23. The van der Waals surface area contributed by atoms with E-state index in [9.17, 15) is 4.79 Å². The van der Waals surface area contributed by atoms with Crippen LogP contribution in [0.2, 0.25) is 0 Å². The Bertz CT molecular complexity index is 817. The lowest BCUT2D eigenvalue weighted by Gasteiger charge is -2.46. The number of carbonyl (C=O) groups is 1. The van der Waals surface area contributed by atoms with Gasteiger partial charge in [0.15, 0.2) is 0 Å². The van der Waals surface area contributed by atoms with E-state index in [2.05, 4.69) is 88.0 Å². The molecule has 30 heavy (non-hydrogen) atoms. The number of ether oxygens (including phenoxy) is 1. The molecule has 0 aromatic heterocycles. The predicted molar refractivity (Wildman–Crippen MR) is 125 cm³/mol. The molecule has 0 bridgehead atoms. The second kappa shape index (κ2) is 9.68. The molecule has 0 saturated carbocycles. The molecule has 1 saturated heterocycles. The van der Waals surface area contributed by atoms with Crippen LogP contribution in [0.3, 0.4) is 0 Å². The lowest BCUT2D eigenvalue weighted by molar-refractivity contribution is -0.146. The fraction of sp³-hybridized carbons (Fsp3) is 0.519. The van der Waals surface area contributed by atoms with Gasteiger partial charge in [-0.2, -0.15) is 0 Å². The summed E-state index contributed by atoms with van der Waals surface area (Å²) in [5.74, 6) is 1.07. The normalized spacial score (nSPS) is 21.9. The molecule has 0 aliphatic carbocycles. The molecular formula is C27H37NO2. The average Bonchev–Trinajstić information content (AvgIpc) is 2.74. The summed E-state index contributed by atoms with van der Waals surface area (Å²) in [6, 6.07) is 17.7. The number of para-hydroxylation sites is 1. The molecule has 3 unspecified atom stereocenters. The van der Waals surface area contributed by atoms with Crippen LogP contribution in [0.15, 0.2) is 48.5 Å². The van der Waals surface area contributed by atoms with Gasteiger partial charge in [0.25, 0.3) is 0 Å². The van der Waals surface area contributed by atoms with E-state index in [4.69, 9.17) is 4.74 Å². The van der Waals surface area contributed by atoms with Gasteiger partial charge in [-0.1, -0.05) is 76.2 Å². The van der Waals surface area contributed by atoms with E-state index >= 15 is 0 Å². The van der Waals surface area contributed by atoms with Gasteiger partial charge in [0.1, 0.15) is 0 Å². The molecule has 3 atom stereocenters. The van der Waals surface area contributed by atoms with E-state index in [1.165, 1.54) is 29.5 Å². The van der Waals surface area contributed by atoms with Gasteiger partial charge in [0.05, 0.1) is 13.0 Å². The third-order valence-corrected chi connectivity index (χ3v) is 6.68. The molecule has 1 fully saturated rings. The van der Waals surface area contributed by atoms with Gasteiger partial charge in [0, 0.05) is 18.3 Å². The second-order valence-electron chi connectivity index (χ2n) is 9.39. The molecular weight excluding hydrogens is 370 g/mol. The standard InChI is InChI=1S/C27H37NO2/c1-18(2)24-13-10-14-25(19(3)4)26(24)28-17-23(27(29)30-6)16-22(20(28)5)15-21-11-8-7-9-12-21/h7-14,18-20,22-23H,15-17H2,1-6H3. The Balaban J connectivity index is 2.05. The van der Waals surface area contributed by atoms with Crippen LogP contribution in [0.4, 0.5) is 5.69 Å². The number of rotatable bonds is 6. The maximum Gasteiger partial charge on any atom is 0.310 e. The average molecular weight is 408 g/mol. The largest absolute Gasteiger partial charge is 0.469 e. The highest BCUT2D eigenvalue weighted by Crippen LogP contribution is 2.41. The van der Waals surface area contributed by atoms with Crippen molar-refractivity contribution in [2.75, 3.05) is 18.6 Å². The lowest BCUT2D eigenvalue weighted by Crippen LogP contribution is -2.51. The first-order chi connectivity index (χ1) is 14.3. The molecule has 2 aromatic carbocycles. The molecule has 1 heterocycles. The maximum atomic E-state index is 12.6. The third-order valence-electron chi connectivity index (χ3n) is 6.68. The van der Waals surface area contributed by atoms with Crippen LogP contribution in [0.5, 0.6) is 0 Å². The van der Waals surface area contributed by atoms with Crippen LogP contribution in [0.25, 0.3) is 0 Å². The molecule has 3 heteroatoms. The maximum absolute atomic E-state index is 12.6. The quantitative estimate of drug-likeness (QED) is 0.536. The molecule has 0 N–H and O–H groups in total. The summed E-state index contributed by atoms with van der Waals surface area (Å²) in [4.78, 5) is 15.2. The first-order valence-electron chi connectivity index (χ1n) is 11.3. The van der Waals surface area contributed by atoms with Crippen molar-refractivity contribution >= 4 is 11.7 Å². The molecule has 0 radical (unpaired) electrons. The first-order valence-corrected chi connectivity index (χ1v) is 11.3. The predicted octanol–water partition coefficient (Wildman–Crippen LogP) is 6.18. The highest BCUT2D eigenvalue weighted by molar-refractivity contribution is 5.74. The van der Waals surface area contributed by atoms with Crippen molar-refractivity contribution < 1.29 is 9.53 Å². The summed E-state index contributed by atoms with van der Waals surface area (Å²) in [6.07, 6.45) is 1.85. The van der Waals surface area contributed by atoms with Crippen molar-refractivity contribution in [1.29, 1.82) is 0 Å². The third kappa shape index (κ3) is 4.71. The number of benzene rings is 2. The van der Waals surface area contributed by atoms with Crippen LogP contribution in [-0.2, 0) is 16.0 Å². The fourth-order valence-electron chi connectivity index (χ4n) is 4.94. The topological polar surface area (TPSA) is 29.5 Å². The van der Waals surface area contributed by atoms with E-state index in [1.807, 2.05) is 0 Å². The molecule has 1 aliphatic rings. The SMILES string of the molecule is COC(=O)C1CC(Cc2ccccc2)C(C)N(c2c(C(C)C)cccc2C(C)C)C1. The minimum atomic E-state index is -0.0971. The summed E-state index contributed by atoms with van der Waals surface area (Å²) in [6.45, 7) is 12.1. The van der Waals surface area contributed by atoms with E-state index < -0.39 is 0 Å². The Morgan fingerprint density at radius 2 is 1.60 bits per heavy atom. The van der Waals surface area contributed by atoms with Gasteiger partial charge in [-0.05, 0) is 54.2 Å². The summed E-state index contributed by atoms with van der Waals surface area (Å²) < 4.78 is 5.20. The zero-order valence-corrected chi connectivity index (χ0v) is 19.4. The smallest absolute Gasteiger partial charge is 0.310 e. The van der Waals surface area contributed by atoms with Gasteiger partial charge in [-0.25, -0.2) is 0 Å². The Hall–Kier alpha value is -2.29. The molecule has 3 rings (SSSR count). The monoisotopic (exact) mass is 407 g/mol. The van der Waals surface area contributed by atoms with Crippen LogP contribution >= 0.6 is 0 Å². The zero-order chi connectivity index (χ0) is 21.8. The van der Waals surface area contributed by atoms with E-state index in [-0.39, 0.29) is 11.9 Å². The Labute approximate surface area is 182 Å². The van der Waals surface area contributed by atoms with Crippen LogP contribution in [0.1, 0.15) is 69.6 Å². The summed E-state index contributed by atoms with van der Waals surface area (Å²) in [5, 5.41) is 0. The number of methoxy groups -OCH3 is 1. The Morgan fingerprint density at radius 3 is 2.13 bits per heavy atom. The lowest BCUT2D eigenvalue weighted by atomic mass is 9.78. The minimum Gasteiger partial charge on any atom is -0.469 e. The zero-order valence-electron chi connectivity index (χ0n) is 19.4. The minimum absolute atomic E-state index is 0.0851. The second-order valence-corrected chi connectivity index (χ2v) is 9.39. The number of anilines is 1. The highest BCUT2D eigenvalue weighted by Gasteiger charge is 2.39. The van der Waals surface area contributed by atoms with Gasteiger partial charge in [-0.15, -0.1) is 0 Å². The highest BCUT2D eigenvalue weighted by atomic mass is 16.5. The number of hydrogen-bond acceptors (Lipinski definition) is 3. The van der Waals surface area contributed by atoms with E-state index in [0.29, 0.717) is 23.8 Å². The van der Waals surface area contributed by atoms with Crippen molar-refractivity contribution in [1.82, 2.24) is 0 Å². The number of esters is 1. The first kappa shape index (κ1) is 22.4. The molecule has 0 spiro atoms. The molecule has 3 nitrogen and oxygen atoms in total. The van der Waals surface area contributed by atoms with Crippen molar-refractivity contribution in [3.05, 3.63) is 65.2 Å². The number of nitrogens with zero attached hydrogens (tertiary/aromatic N) is 1. The Morgan fingerprint density at radius 1 is 1.00 bits per heavy atom. The van der Waals surface area contributed by atoms with E-state index in [1.54, 1.807) is 0 Å². The number of carbonyl (C=O) groups excluding carboxylic acids is 1. The molecule has 162 valence electrons. The summed E-state index contributed by atoms with van der Waals surface area (Å²) in [5.41, 5.74) is 5.41. The van der Waals surface area contributed by atoms with Crippen molar-refractivity contribution in [2.45, 2.75) is 65.3 Å². The van der Waals surface area contributed by atoms with Crippen LogP contribution < -0.4 is 4.90 Å². The molecule has 1 aliphatic heterocycles. The molecule has 2 aromatic rings. The summed E-state index contributed by atoms with van der Waals surface area (Å²) >= 11 is 0. The number of piperidine rings is 1. The van der Waals surface area contributed by atoms with Crippen molar-refractivity contribution in [3.63, 3.8) is 0 Å².